The second-order valence-corrected chi connectivity index (χ2v) is 5.49. The first-order chi connectivity index (χ1) is 9.97. The van der Waals surface area contributed by atoms with E-state index in [4.69, 9.17) is 9.84 Å². The maximum absolute atomic E-state index is 12.6. The van der Waals surface area contributed by atoms with Crippen molar-refractivity contribution in [3.05, 3.63) is 28.6 Å². The Kier molecular flexibility index (Phi) is 4.42. The van der Waals surface area contributed by atoms with Gasteiger partial charge in [0.15, 0.2) is 6.04 Å². The van der Waals surface area contributed by atoms with Crippen molar-refractivity contribution in [1.82, 2.24) is 5.32 Å². The Bertz CT molecular complexity index is 698. The highest BCUT2D eigenvalue weighted by atomic mass is 32.1. The summed E-state index contributed by atoms with van der Waals surface area (Å²) < 4.78 is 18.6. The van der Waals surface area contributed by atoms with Crippen molar-refractivity contribution in [3.63, 3.8) is 0 Å². The van der Waals surface area contributed by atoms with Gasteiger partial charge in [0.05, 0.1) is 12.0 Å². The number of ether oxygens (including phenoxy) is 1. The van der Waals surface area contributed by atoms with Crippen LogP contribution in [0.25, 0.3) is 10.1 Å². The lowest BCUT2D eigenvalue weighted by Crippen LogP contribution is -2.42. The number of carboxylic acid groups (broad SMARTS) is 1. The van der Waals surface area contributed by atoms with Gasteiger partial charge in [-0.05, 0) is 36.1 Å². The topological polar surface area (TPSA) is 75.6 Å². The normalized spacial score (nSPS) is 12.1. The summed E-state index contributed by atoms with van der Waals surface area (Å²) in [4.78, 5) is 23.2. The van der Waals surface area contributed by atoms with Crippen LogP contribution in [-0.4, -0.2) is 36.8 Å². The van der Waals surface area contributed by atoms with Crippen LogP contribution in [0, 0.1) is 6.92 Å². The number of carboxylic acids is 1. The van der Waals surface area contributed by atoms with Gasteiger partial charge in [-0.3, -0.25) is 4.79 Å². The van der Waals surface area contributed by atoms with Crippen molar-refractivity contribution < 1.29 is 23.8 Å². The fraction of sp³-hybridized carbons (Fsp3) is 0.286. The molecule has 7 heteroatoms. The van der Waals surface area contributed by atoms with Crippen molar-refractivity contribution >= 4 is 33.3 Å². The summed E-state index contributed by atoms with van der Waals surface area (Å²) in [7, 11) is 1.55. The maximum Gasteiger partial charge on any atom is 0.328 e. The van der Waals surface area contributed by atoms with Crippen LogP contribution in [0.1, 0.15) is 15.2 Å². The van der Waals surface area contributed by atoms with Gasteiger partial charge in [-0.15, -0.1) is 11.3 Å². The van der Waals surface area contributed by atoms with Gasteiger partial charge in [0.1, 0.15) is 12.4 Å². The maximum atomic E-state index is 12.6. The van der Waals surface area contributed by atoms with Crippen LogP contribution in [0.4, 0.5) is 4.39 Å². The summed E-state index contributed by atoms with van der Waals surface area (Å²) in [6.45, 7) is 0.608. The van der Waals surface area contributed by atoms with Crippen LogP contribution >= 0.6 is 11.3 Å². The number of aliphatic carboxylic acids is 1. The molecule has 1 aromatic heterocycles. The predicted octanol–water partition coefficient (Wildman–Crippen LogP) is 2.37. The molecular weight excluding hydrogens is 297 g/mol. The summed E-state index contributed by atoms with van der Waals surface area (Å²) >= 11 is 1.23. The van der Waals surface area contributed by atoms with Gasteiger partial charge in [0.2, 0.25) is 0 Å². The zero-order valence-corrected chi connectivity index (χ0v) is 12.3. The van der Waals surface area contributed by atoms with E-state index in [1.165, 1.54) is 11.3 Å². The first-order valence-corrected chi connectivity index (χ1v) is 6.96. The van der Waals surface area contributed by atoms with E-state index in [0.717, 1.165) is 15.6 Å². The summed E-state index contributed by atoms with van der Waals surface area (Å²) in [6.07, 6.45) is 0. The summed E-state index contributed by atoms with van der Waals surface area (Å²) in [5.41, 5.74) is 0.717. The quantitative estimate of drug-likeness (QED) is 0.889. The molecule has 112 valence electrons. The van der Waals surface area contributed by atoms with Crippen LogP contribution in [0.3, 0.4) is 0 Å². The Labute approximate surface area is 124 Å². The molecule has 0 aliphatic rings. The van der Waals surface area contributed by atoms with E-state index in [1.54, 1.807) is 20.1 Å². The molecule has 0 fully saturated rings. The molecule has 1 amide bonds. The van der Waals surface area contributed by atoms with Gasteiger partial charge < -0.3 is 15.2 Å². The van der Waals surface area contributed by atoms with Crippen LogP contribution in [0.5, 0.6) is 5.75 Å². The van der Waals surface area contributed by atoms with E-state index in [9.17, 15) is 14.0 Å². The highest BCUT2D eigenvalue weighted by Gasteiger charge is 2.23. The second kappa shape index (κ2) is 6.09. The monoisotopic (exact) mass is 311 g/mol. The van der Waals surface area contributed by atoms with Crippen LogP contribution < -0.4 is 10.1 Å². The third kappa shape index (κ3) is 2.97. The molecule has 2 N–H and O–H groups in total. The molecule has 0 saturated heterocycles. The number of methoxy groups -OCH3 is 1. The molecule has 0 aliphatic heterocycles. The zero-order valence-electron chi connectivity index (χ0n) is 11.5. The van der Waals surface area contributed by atoms with Gasteiger partial charge in [-0.2, -0.15) is 0 Å². The molecule has 1 unspecified atom stereocenters. The highest BCUT2D eigenvalue weighted by molar-refractivity contribution is 7.21. The van der Waals surface area contributed by atoms with Crippen LogP contribution in [0.2, 0.25) is 0 Å². The minimum Gasteiger partial charge on any atom is -0.497 e. The van der Waals surface area contributed by atoms with E-state index >= 15 is 0 Å². The molecule has 0 aliphatic carbocycles. The molecule has 21 heavy (non-hydrogen) atoms. The van der Waals surface area contributed by atoms with Crippen molar-refractivity contribution in [2.45, 2.75) is 13.0 Å². The van der Waals surface area contributed by atoms with Gasteiger partial charge in [0.25, 0.3) is 5.91 Å². The first kappa shape index (κ1) is 15.2. The Hall–Kier alpha value is -2.15. The number of fused-ring (bicyclic) bond motifs is 1. The standard InChI is InChI=1S/C14H14FNO4S/c1-7-9-5-8(20-2)3-4-11(9)21-12(7)13(17)16-10(6-15)14(18)19/h3-5,10H,6H2,1-2H3,(H,16,17)(H,18,19). The molecule has 2 rings (SSSR count). The van der Waals surface area contributed by atoms with Crippen LogP contribution in [-0.2, 0) is 4.79 Å². The lowest BCUT2D eigenvalue weighted by atomic mass is 10.1. The number of hydrogen-bond donors (Lipinski definition) is 2. The Morgan fingerprint density at radius 3 is 2.76 bits per heavy atom. The third-order valence-electron chi connectivity index (χ3n) is 3.11. The summed E-state index contributed by atoms with van der Waals surface area (Å²) in [5, 5.41) is 11.8. The number of benzene rings is 1. The number of rotatable bonds is 5. The molecule has 0 radical (unpaired) electrons. The Morgan fingerprint density at radius 1 is 1.48 bits per heavy atom. The number of hydrogen-bond acceptors (Lipinski definition) is 4. The predicted molar refractivity (Wildman–Crippen MR) is 78.0 cm³/mol. The molecule has 0 saturated carbocycles. The number of nitrogens with one attached hydrogen (secondary N) is 1. The number of amides is 1. The molecule has 0 spiro atoms. The minimum atomic E-state index is -1.53. The number of halogens is 1. The van der Waals surface area contributed by atoms with Gasteiger partial charge in [0, 0.05) is 4.70 Å². The van der Waals surface area contributed by atoms with Crippen LogP contribution in [0.15, 0.2) is 18.2 Å². The summed E-state index contributed by atoms with van der Waals surface area (Å²) in [5.74, 6) is -1.31. The number of carbonyl (C=O) groups excluding carboxylic acids is 1. The fourth-order valence-corrected chi connectivity index (χ4v) is 3.03. The average molecular weight is 311 g/mol. The number of carbonyl (C=O) groups is 2. The molecule has 1 heterocycles. The zero-order chi connectivity index (χ0) is 15.6. The highest BCUT2D eigenvalue weighted by Crippen LogP contribution is 2.33. The van der Waals surface area contributed by atoms with E-state index in [2.05, 4.69) is 5.32 Å². The second-order valence-electron chi connectivity index (χ2n) is 4.44. The van der Waals surface area contributed by atoms with Gasteiger partial charge >= 0.3 is 5.97 Å². The van der Waals surface area contributed by atoms with E-state index in [0.29, 0.717) is 10.6 Å². The van der Waals surface area contributed by atoms with Crippen molar-refractivity contribution in [2.75, 3.05) is 13.8 Å². The Balaban J connectivity index is 2.35. The molecular formula is C14H14FNO4S. The van der Waals surface area contributed by atoms with Crippen molar-refractivity contribution in [1.29, 1.82) is 0 Å². The lowest BCUT2D eigenvalue weighted by Gasteiger charge is -2.10. The number of aryl methyl sites for hydroxylation is 1. The fourth-order valence-electron chi connectivity index (χ4n) is 1.93. The molecule has 1 atom stereocenters. The number of thiophene rings is 1. The SMILES string of the molecule is COc1ccc2sc(C(=O)NC(CF)C(=O)O)c(C)c2c1. The number of alkyl halides is 1. The van der Waals surface area contributed by atoms with E-state index in [-0.39, 0.29) is 0 Å². The largest absolute Gasteiger partial charge is 0.497 e. The first-order valence-electron chi connectivity index (χ1n) is 6.14. The molecule has 0 bridgehead atoms. The summed E-state index contributed by atoms with van der Waals surface area (Å²) in [6, 6.07) is 3.88. The van der Waals surface area contributed by atoms with Gasteiger partial charge in [-0.25, -0.2) is 9.18 Å². The van der Waals surface area contributed by atoms with Crippen molar-refractivity contribution in [3.8, 4) is 5.75 Å². The smallest absolute Gasteiger partial charge is 0.328 e. The van der Waals surface area contributed by atoms with E-state index in [1.807, 2.05) is 12.1 Å². The van der Waals surface area contributed by atoms with Crippen molar-refractivity contribution in [2.24, 2.45) is 0 Å². The third-order valence-corrected chi connectivity index (χ3v) is 4.38. The Morgan fingerprint density at radius 2 is 2.19 bits per heavy atom. The average Bonchev–Trinajstić information content (AvgIpc) is 2.80. The molecule has 2 aromatic rings. The van der Waals surface area contributed by atoms with Gasteiger partial charge in [-0.1, -0.05) is 0 Å². The molecule has 1 aromatic carbocycles. The lowest BCUT2D eigenvalue weighted by molar-refractivity contribution is -0.139. The molecule has 5 nitrogen and oxygen atoms in total. The minimum absolute atomic E-state index is 0.373. The van der Waals surface area contributed by atoms with E-state index < -0.39 is 24.6 Å².